The second-order valence-corrected chi connectivity index (χ2v) is 7.31. The van der Waals surface area contributed by atoms with E-state index in [1.54, 1.807) is 0 Å². The topological polar surface area (TPSA) is 0 Å². The summed E-state index contributed by atoms with van der Waals surface area (Å²) in [5.41, 5.74) is 0. The molecule has 6 atom stereocenters. The van der Waals surface area contributed by atoms with Gasteiger partial charge in [0.25, 0.3) is 0 Å². The van der Waals surface area contributed by atoms with Crippen LogP contribution in [0.2, 0.25) is 0 Å². The minimum atomic E-state index is 0.990. The fraction of sp³-hybridized carbons (Fsp3) is 1.00. The van der Waals surface area contributed by atoms with Crippen LogP contribution in [0.4, 0.5) is 0 Å². The molecule has 0 N–H and O–H groups in total. The molecule has 6 unspecified atom stereocenters. The molecule has 17 heavy (non-hydrogen) atoms. The number of rotatable bonds is 2. The first kappa shape index (κ1) is 13.4. The second kappa shape index (κ2) is 5.76. The van der Waals surface area contributed by atoms with Crippen molar-refractivity contribution in [3.8, 4) is 0 Å². The Morgan fingerprint density at radius 3 is 1.94 bits per heavy atom. The van der Waals surface area contributed by atoms with Gasteiger partial charge in [0.15, 0.2) is 0 Å². The van der Waals surface area contributed by atoms with Crippen LogP contribution in [0, 0.1) is 35.5 Å². The molecule has 0 heterocycles. The van der Waals surface area contributed by atoms with Gasteiger partial charge < -0.3 is 0 Å². The molecule has 0 aromatic heterocycles. The molecule has 0 bridgehead atoms. The minimum absolute atomic E-state index is 0.990. The van der Waals surface area contributed by atoms with E-state index in [1.165, 1.54) is 44.9 Å². The Kier molecular flexibility index (Phi) is 4.55. The average Bonchev–Trinajstić information content (AvgIpc) is 2.30. The summed E-state index contributed by atoms with van der Waals surface area (Å²) in [4.78, 5) is 0. The molecule has 0 saturated heterocycles. The van der Waals surface area contributed by atoms with E-state index in [-0.39, 0.29) is 0 Å². The Morgan fingerprint density at radius 2 is 1.35 bits per heavy atom. The summed E-state index contributed by atoms with van der Waals surface area (Å²) in [6.45, 7) is 9.87. The van der Waals surface area contributed by atoms with Gasteiger partial charge in [0, 0.05) is 0 Å². The van der Waals surface area contributed by atoms with E-state index in [4.69, 9.17) is 0 Å². The molecule has 2 saturated carbocycles. The quantitative estimate of drug-likeness (QED) is 0.592. The lowest BCUT2D eigenvalue weighted by Gasteiger charge is -2.44. The van der Waals surface area contributed by atoms with Crippen molar-refractivity contribution in [2.45, 2.75) is 72.6 Å². The maximum Gasteiger partial charge on any atom is -0.0355 e. The average molecular weight is 236 g/mol. The maximum absolute atomic E-state index is 2.53. The molecule has 0 aliphatic heterocycles. The Morgan fingerprint density at radius 1 is 0.765 bits per heavy atom. The van der Waals surface area contributed by atoms with Gasteiger partial charge in [-0.3, -0.25) is 0 Å². The van der Waals surface area contributed by atoms with E-state index in [1.807, 2.05) is 0 Å². The highest BCUT2D eigenvalue weighted by atomic mass is 14.4. The highest BCUT2D eigenvalue weighted by Gasteiger charge is 2.37. The molecule has 0 aromatic rings. The lowest BCUT2D eigenvalue weighted by Crippen LogP contribution is -2.35. The normalized spacial score (nSPS) is 48.0. The van der Waals surface area contributed by atoms with Crippen molar-refractivity contribution < 1.29 is 0 Å². The van der Waals surface area contributed by atoms with Crippen LogP contribution in [0.5, 0.6) is 0 Å². The molecule has 0 amide bonds. The first-order valence-corrected chi connectivity index (χ1v) is 8.11. The van der Waals surface area contributed by atoms with E-state index in [9.17, 15) is 0 Å². The molecule has 0 heteroatoms. The van der Waals surface area contributed by atoms with E-state index < -0.39 is 0 Å². The Bertz CT molecular complexity index is 232. The van der Waals surface area contributed by atoms with Crippen LogP contribution in [0.1, 0.15) is 72.6 Å². The van der Waals surface area contributed by atoms with Crippen molar-refractivity contribution in [3.05, 3.63) is 0 Å². The summed E-state index contributed by atoms with van der Waals surface area (Å²) >= 11 is 0. The highest BCUT2D eigenvalue weighted by molar-refractivity contribution is 4.87. The lowest BCUT2D eigenvalue weighted by molar-refractivity contribution is 0.0563. The first-order valence-electron chi connectivity index (χ1n) is 8.11. The van der Waals surface area contributed by atoms with Crippen molar-refractivity contribution in [3.63, 3.8) is 0 Å². The van der Waals surface area contributed by atoms with Gasteiger partial charge >= 0.3 is 0 Å². The molecule has 0 radical (unpaired) electrons. The lowest BCUT2D eigenvalue weighted by atomic mass is 9.61. The van der Waals surface area contributed by atoms with Gasteiger partial charge in [0.05, 0.1) is 0 Å². The number of hydrogen-bond donors (Lipinski definition) is 0. The first-order chi connectivity index (χ1) is 8.11. The monoisotopic (exact) mass is 236 g/mol. The van der Waals surface area contributed by atoms with Crippen molar-refractivity contribution >= 4 is 0 Å². The van der Waals surface area contributed by atoms with E-state index in [2.05, 4.69) is 27.7 Å². The Balaban J connectivity index is 2.00. The van der Waals surface area contributed by atoms with E-state index >= 15 is 0 Å². The third kappa shape index (κ3) is 3.06. The highest BCUT2D eigenvalue weighted by Crippen LogP contribution is 2.47. The summed E-state index contributed by atoms with van der Waals surface area (Å²) in [5, 5.41) is 0. The van der Waals surface area contributed by atoms with Crippen LogP contribution in [-0.4, -0.2) is 0 Å². The standard InChI is InChI=1S/C17H32/c1-5-15-11-13(3)7-9-17(15)16-8-6-12(2)10-14(16)4/h12-17H,5-11H2,1-4H3. The van der Waals surface area contributed by atoms with Crippen molar-refractivity contribution in [1.29, 1.82) is 0 Å². The molecular formula is C17H32. The Hall–Kier alpha value is 0. The number of hydrogen-bond acceptors (Lipinski definition) is 0. The van der Waals surface area contributed by atoms with Crippen LogP contribution in [0.15, 0.2) is 0 Å². The SMILES string of the molecule is CCC1CC(C)CCC1C1CCC(C)CC1C. The molecule has 0 aromatic carbocycles. The van der Waals surface area contributed by atoms with Crippen LogP contribution in [0.3, 0.4) is 0 Å². The smallest absolute Gasteiger partial charge is 0.0355 e. The summed E-state index contributed by atoms with van der Waals surface area (Å²) in [6, 6.07) is 0. The van der Waals surface area contributed by atoms with Gasteiger partial charge in [-0.15, -0.1) is 0 Å². The third-order valence-corrected chi connectivity index (χ3v) is 5.88. The second-order valence-electron chi connectivity index (χ2n) is 7.31. The van der Waals surface area contributed by atoms with Gasteiger partial charge in [-0.25, -0.2) is 0 Å². The predicted molar refractivity (Wildman–Crippen MR) is 76.0 cm³/mol. The molecule has 100 valence electrons. The van der Waals surface area contributed by atoms with Crippen molar-refractivity contribution in [1.82, 2.24) is 0 Å². The minimum Gasteiger partial charge on any atom is -0.0651 e. The largest absolute Gasteiger partial charge is 0.0651 e. The molecule has 2 aliphatic carbocycles. The van der Waals surface area contributed by atoms with E-state index in [0.29, 0.717) is 0 Å². The van der Waals surface area contributed by atoms with Gasteiger partial charge in [-0.05, 0) is 61.2 Å². The molecular weight excluding hydrogens is 204 g/mol. The molecule has 2 aliphatic rings. The molecule has 0 spiro atoms. The van der Waals surface area contributed by atoms with Gasteiger partial charge in [0.2, 0.25) is 0 Å². The van der Waals surface area contributed by atoms with Gasteiger partial charge in [-0.1, -0.05) is 47.0 Å². The summed E-state index contributed by atoms with van der Waals surface area (Å²) in [6.07, 6.45) is 10.5. The van der Waals surface area contributed by atoms with Crippen molar-refractivity contribution in [2.75, 3.05) is 0 Å². The molecule has 2 rings (SSSR count). The van der Waals surface area contributed by atoms with Gasteiger partial charge in [-0.2, -0.15) is 0 Å². The predicted octanol–water partition coefficient (Wildman–Crippen LogP) is 5.52. The van der Waals surface area contributed by atoms with Crippen molar-refractivity contribution in [2.24, 2.45) is 35.5 Å². The summed E-state index contributed by atoms with van der Waals surface area (Å²) in [7, 11) is 0. The third-order valence-electron chi connectivity index (χ3n) is 5.88. The fourth-order valence-electron chi connectivity index (χ4n) is 4.88. The summed E-state index contributed by atoms with van der Waals surface area (Å²) in [5.74, 6) is 6.14. The van der Waals surface area contributed by atoms with Crippen LogP contribution in [-0.2, 0) is 0 Å². The van der Waals surface area contributed by atoms with Crippen LogP contribution >= 0.6 is 0 Å². The van der Waals surface area contributed by atoms with Crippen LogP contribution in [0.25, 0.3) is 0 Å². The Labute approximate surface area is 109 Å². The zero-order valence-corrected chi connectivity index (χ0v) is 12.4. The molecule has 2 fully saturated rings. The zero-order chi connectivity index (χ0) is 12.4. The summed E-state index contributed by atoms with van der Waals surface area (Å²) < 4.78 is 0. The van der Waals surface area contributed by atoms with E-state index in [0.717, 1.165) is 35.5 Å². The fourth-order valence-corrected chi connectivity index (χ4v) is 4.88. The zero-order valence-electron chi connectivity index (χ0n) is 12.4. The molecule has 0 nitrogen and oxygen atoms in total. The maximum atomic E-state index is 2.53. The van der Waals surface area contributed by atoms with Gasteiger partial charge in [0.1, 0.15) is 0 Å². The van der Waals surface area contributed by atoms with Crippen LogP contribution < -0.4 is 0 Å².